The Kier molecular flexibility index (Phi) is 3.98. The quantitative estimate of drug-likeness (QED) is 0.864. The first kappa shape index (κ1) is 13.0. The summed E-state index contributed by atoms with van der Waals surface area (Å²) < 4.78 is 5.18. The van der Waals surface area contributed by atoms with Gasteiger partial charge in [0.2, 0.25) is 5.91 Å². The number of nitrogens with one attached hydrogen (secondary N) is 1. The molecule has 98 valence electrons. The summed E-state index contributed by atoms with van der Waals surface area (Å²) in [5.74, 6) is -1.23. The van der Waals surface area contributed by atoms with Crippen molar-refractivity contribution in [2.75, 3.05) is 0 Å². The van der Waals surface area contributed by atoms with Gasteiger partial charge in [-0.2, -0.15) is 0 Å². The van der Waals surface area contributed by atoms with Gasteiger partial charge in [-0.05, 0) is 36.8 Å². The van der Waals surface area contributed by atoms with Gasteiger partial charge in [0.15, 0.2) is 6.10 Å². The van der Waals surface area contributed by atoms with Crippen molar-refractivity contribution in [1.29, 1.82) is 0 Å². The molecule has 0 aromatic carbocycles. The molecule has 0 aliphatic carbocycles. The molecule has 0 radical (unpaired) electrons. The molecule has 1 fully saturated rings. The molecule has 1 aromatic rings. The van der Waals surface area contributed by atoms with Crippen LogP contribution in [0, 0.1) is 6.92 Å². The molecule has 6 heteroatoms. The average Bonchev–Trinajstić information content (AvgIpc) is 2.94. The number of rotatable bonds is 4. The smallest absolute Gasteiger partial charge is 0.332 e. The van der Waals surface area contributed by atoms with E-state index in [0.717, 1.165) is 10.4 Å². The predicted octanol–water partition coefficient (Wildman–Crippen LogP) is 1.30. The maximum Gasteiger partial charge on any atom is 0.332 e. The second-order valence-electron chi connectivity index (χ2n) is 4.27. The van der Waals surface area contributed by atoms with Gasteiger partial charge in [-0.1, -0.05) is 0 Å². The number of hydrogen-bond acceptors (Lipinski definition) is 4. The van der Waals surface area contributed by atoms with Crippen LogP contribution < -0.4 is 5.32 Å². The number of carbonyl (C=O) groups is 2. The molecule has 2 rings (SSSR count). The van der Waals surface area contributed by atoms with E-state index in [1.165, 1.54) is 0 Å². The summed E-state index contributed by atoms with van der Waals surface area (Å²) in [6.07, 6.45) is -0.618. The molecule has 0 unspecified atom stereocenters. The third kappa shape index (κ3) is 2.88. The van der Waals surface area contributed by atoms with E-state index in [9.17, 15) is 9.59 Å². The molecule has 1 aromatic heterocycles. The Balaban J connectivity index is 1.83. The summed E-state index contributed by atoms with van der Waals surface area (Å²) in [6, 6.07) is 2.00. The van der Waals surface area contributed by atoms with Crippen LogP contribution in [0.3, 0.4) is 0 Å². The lowest BCUT2D eigenvalue weighted by molar-refractivity contribution is -0.151. The van der Waals surface area contributed by atoms with Crippen LogP contribution in [0.2, 0.25) is 0 Å². The Morgan fingerprint density at radius 3 is 2.78 bits per heavy atom. The second-order valence-corrected chi connectivity index (χ2v) is 5.27. The highest BCUT2D eigenvalue weighted by molar-refractivity contribution is 7.10. The highest BCUT2D eigenvalue weighted by Crippen LogP contribution is 2.20. The Morgan fingerprint density at radius 2 is 2.22 bits per heavy atom. The third-order valence-electron chi connectivity index (χ3n) is 2.98. The summed E-state index contributed by atoms with van der Waals surface area (Å²) in [7, 11) is 0. The van der Waals surface area contributed by atoms with Crippen LogP contribution in [0.1, 0.15) is 23.3 Å². The van der Waals surface area contributed by atoms with Crippen molar-refractivity contribution in [3.8, 4) is 0 Å². The Bertz CT molecular complexity index is 457. The number of ether oxygens (including phenoxy) is 1. The van der Waals surface area contributed by atoms with Crippen molar-refractivity contribution < 1.29 is 19.4 Å². The minimum atomic E-state index is -1.00. The fraction of sp³-hybridized carbons (Fsp3) is 0.500. The van der Waals surface area contributed by atoms with Crippen LogP contribution in [-0.4, -0.2) is 29.2 Å². The van der Waals surface area contributed by atoms with Gasteiger partial charge in [0.25, 0.3) is 0 Å². The van der Waals surface area contributed by atoms with E-state index in [1.54, 1.807) is 11.3 Å². The van der Waals surface area contributed by atoms with Gasteiger partial charge in [-0.25, -0.2) is 4.79 Å². The van der Waals surface area contributed by atoms with Crippen LogP contribution >= 0.6 is 11.3 Å². The number of aryl methyl sites for hydroxylation is 1. The van der Waals surface area contributed by atoms with Gasteiger partial charge in [0, 0.05) is 4.88 Å². The lowest BCUT2D eigenvalue weighted by Crippen LogP contribution is -2.35. The fourth-order valence-electron chi connectivity index (χ4n) is 1.88. The molecule has 0 saturated carbocycles. The molecule has 2 atom stereocenters. The summed E-state index contributed by atoms with van der Waals surface area (Å²) in [5, 5.41) is 13.5. The molecule has 1 saturated heterocycles. The first-order valence-electron chi connectivity index (χ1n) is 5.77. The van der Waals surface area contributed by atoms with E-state index < -0.39 is 18.2 Å². The van der Waals surface area contributed by atoms with Gasteiger partial charge >= 0.3 is 5.97 Å². The second kappa shape index (κ2) is 5.49. The monoisotopic (exact) mass is 269 g/mol. The Labute approximate surface area is 109 Å². The summed E-state index contributed by atoms with van der Waals surface area (Å²) in [4.78, 5) is 23.6. The minimum absolute atomic E-state index is 0.230. The van der Waals surface area contributed by atoms with Gasteiger partial charge in [-0.15, -0.1) is 11.3 Å². The number of carboxylic acid groups (broad SMARTS) is 1. The van der Waals surface area contributed by atoms with Gasteiger partial charge in [0.1, 0.15) is 6.10 Å². The Morgan fingerprint density at radius 1 is 1.50 bits per heavy atom. The zero-order valence-corrected chi connectivity index (χ0v) is 10.8. The number of aliphatic carboxylic acids is 1. The molecule has 0 bridgehead atoms. The standard InChI is InChI=1S/C12H15NO4S/c1-7-4-5-18-10(7)6-13-11(14)8-2-3-9(17-8)12(15)16/h4-5,8-9H,2-3,6H2,1H3,(H,13,14)(H,15,16)/t8-,9+/m0/s1. The molecule has 0 spiro atoms. The van der Waals surface area contributed by atoms with Crippen molar-refractivity contribution in [1.82, 2.24) is 5.32 Å². The van der Waals surface area contributed by atoms with Crippen molar-refractivity contribution in [3.05, 3.63) is 21.9 Å². The molecular weight excluding hydrogens is 254 g/mol. The van der Waals surface area contributed by atoms with E-state index in [2.05, 4.69) is 5.32 Å². The molecule has 5 nitrogen and oxygen atoms in total. The largest absolute Gasteiger partial charge is 0.479 e. The Hall–Kier alpha value is -1.40. The normalized spacial score (nSPS) is 22.9. The SMILES string of the molecule is Cc1ccsc1CNC(=O)[C@@H]1CC[C@H](C(=O)O)O1. The molecule has 1 aliphatic heterocycles. The van der Waals surface area contributed by atoms with E-state index in [0.29, 0.717) is 19.4 Å². The van der Waals surface area contributed by atoms with Crippen molar-refractivity contribution in [2.45, 2.75) is 38.5 Å². The summed E-state index contributed by atoms with van der Waals surface area (Å²) in [6.45, 7) is 2.46. The lowest BCUT2D eigenvalue weighted by Gasteiger charge is -2.11. The first-order valence-corrected chi connectivity index (χ1v) is 6.65. The van der Waals surface area contributed by atoms with Crippen LogP contribution in [0.15, 0.2) is 11.4 Å². The van der Waals surface area contributed by atoms with Crippen molar-refractivity contribution in [2.24, 2.45) is 0 Å². The van der Waals surface area contributed by atoms with Crippen LogP contribution in [0.4, 0.5) is 0 Å². The summed E-state index contributed by atoms with van der Waals surface area (Å²) in [5.41, 5.74) is 1.15. The maximum atomic E-state index is 11.8. The van der Waals surface area contributed by atoms with Gasteiger partial charge < -0.3 is 15.2 Å². The average molecular weight is 269 g/mol. The zero-order valence-electron chi connectivity index (χ0n) is 10.0. The van der Waals surface area contributed by atoms with E-state index in [1.807, 2.05) is 18.4 Å². The highest BCUT2D eigenvalue weighted by Gasteiger charge is 2.34. The van der Waals surface area contributed by atoms with Crippen LogP contribution in [0.5, 0.6) is 0 Å². The number of carbonyl (C=O) groups excluding carboxylic acids is 1. The van der Waals surface area contributed by atoms with Crippen LogP contribution in [0.25, 0.3) is 0 Å². The highest BCUT2D eigenvalue weighted by atomic mass is 32.1. The molecule has 1 amide bonds. The minimum Gasteiger partial charge on any atom is -0.479 e. The van der Waals surface area contributed by atoms with Crippen molar-refractivity contribution in [3.63, 3.8) is 0 Å². The van der Waals surface area contributed by atoms with Crippen LogP contribution in [-0.2, 0) is 20.9 Å². The topological polar surface area (TPSA) is 75.6 Å². The number of amides is 1. The van der Waals surface area contributed by atoms with E-state index >= 15 is 0 Å². The fourth-order valence-corrected chi connectivity index (χ4v) is 2.72. The zero-order chi connectivity index (χ0) is 13.1. The molecule has 18 heavy (non-hydrogen) atoms. The summed E-state index contributed by atoms with van der Waals surface area (Å²) >= 11 is 1.59. The number of carboxylic acids is 1. The van der Waals surface area contributed by atoms with E-state index in [-0.39, 0.29) is 5.91 Å². The van der Waals surface area contributed by atoms with E-state index in [4.69, 9.17) is 9.84 Å². The molecular formula is C12H15NO4S. The predicted molar refractivity (Wildman–Crippen MR) is 66.4 cm³/mol. The molecule has 2 N–H and O–H groups in total. The molecule has 2 heterocycles. The maximum absolute atomic E-state index is 11.8. The first-order chi connectivity index (χ1) is 8.58. The van der Waals surface area contributed by atoms with Gasteiger partial charge in [-0.3, -0.25) is 4.79 Å². The lowest BCUT2D eigenvalue weighted by atomic mass is 10.2. The van der Waals surface area contributed by atoms with Crippen molar-refractivity contribution >= 4 is 23.2 Å². The number of hydrogen-bond donors (Lipinski definition) is 2. The third-order valence-corrected chi connectivity index (χ3v) is 4.00. The number of thiophene rings is 1. The molecule has 1 aliphatic rings. The van der Waals surface area contributed by atoms with Gasteiger partial charge in [0.05, 0.1) is 6.54 Å².